The number of ether oxygens (including phenoxy) is 1. The van der Waals surface area contributed by atoms with E-state index in [2.05, 4.69) is 12.2 Å². The number of rotatable bonds is 1. The van der Waals surface area contributed by atoms with Crippen LogP contribution in [0.2, 0.25) is 0 Å². The molecule has 0 saturated carbocycles. The third-order valence-electron chi connectivity index (χ3n) is 3.53. The minimum absolute atomic E-state index is 0.192. The lowest BCUT2D eigenvalue weighted by Gasteiger charge is -2.36. The number of nitrogens with one attached hydrogen (secondary N) is 1. The van der Waals surface area contributed by atoms with Gasteiger partial charge in [0.2, 0.25) is 5.91 Å². The van der Waals surface area contributed by atoms with Crippen molar-refractivity contribution in [2.75, 3.05) is 26.2 Å². The Hall–Kier alpha value is -0.610. The second-order valence-electron chi connectivity index (χ2n) is 5.04. The molecule has 2 saturated heterocycles. The molecule has 2 aliphatic heterocycles. The summed E-state index contributed by atoms with van der Waals surface area (Å²) in [7, 11) is 0. The topological polar surface area (TPSA) is 41.6 Å². The maximum Gasteiger partial charge on any atom is 0.225 e. The molecule has 4 heteroatoms. The fraction of sp³-hybridized carbons (Fsp3) is 0.917. The molecule has 4 nitrogen and oxygen atoms in total. The molecular formula is C12H22N2O2. The molecular weight excluding hydrogens is 204 g/mol. The molecule has 0 spiro atoms. The summed E-state index contributed by atoms with van der Waals surface area (Å²) in [6, 6.07) is 0.473. The summed E-state index contributed by atoms with van der Waals surface area (Å²) >= 11 is 0. The van der Waals surface area contributed by atoms with Crippen molar-refractivity contribution in [2.45, 2.75) is 38.8 Å². The van der Waals surface area contributed by atoms with Gasteiger partial charge in [-0.1, -0.05) is 0 Å². The summed E-state index contributed by atoms with van der Waals surface area (Å²) in [6.45, 7) is 7.37. The Labute approximate surface area is 97.3 Å². The standard InChI is InChI=1S/C12H22N2O2/c1-9-7-11(3-4-13-9)12(15)14-5-6-16-10(2)8-14/h9-11,13H,3-8H2,1-2H3. The Bertz CT molecular complexity index is 233. The first-order valence-electron chi connectivity index (χ1n) is 6.30. The third-order valence-corrected chi connectivity index (χ3v) is 3.53. The van der Waals surface area contributed by atoms with Crippen molar-refractivity contribution < 1.29 is 9.53 Å². The van der Waals surface area contributed by atoms with Crippen LogP contribution in [0.25, 0.3) is 0 Å². The zero-order chi connectivity index (χ0) is 11.5. The predicted molar refractivity (Wildman–Crippen MR) is 62.2 cm³/mol. The van der Waals surface area contributed by atoms with E-state index in [4.69, 9.17) is 4.74 Å². The SMILES string of the molecule is CC1CC(C(=O)N2CCOC(C)C2)CCN1. The molecule has 92 valence electrons. The molecule has 0 aromatic heterocycles. The van der Waals surface area contributed by atoms with Crippen LogP contribution >= 0.6 is 0 Å². The number of carbonyl (C=O) groups is 1. The van der Waals surface area contributed by atoms with Gasteiger partial charge >= 0.3 is 0 Å². The number of hydrogen-bond donors (Lipinski definition) is 1. The van der Waals surface area contributed by atoms with Gasteiger partial charge in [-0.15, -0.1) is 0 Å². The van der Waals surface area contributed by atoms with Crippen molar-refractivity contribution in [3.8, 4) is 0 Å². The van der Waals surface area contributed by atoms with E-state index < -0.39 is 0 Å². The van der Waals surface area contributed by atoms with Crippen molar-refractivity contribution in [1.82, 2.24) is 10.2 Å². The molecule has 3 atom stereocenters. The van der Waals surface area contributed by atoms with Crippen LogP contribution in [0, 0.1) is 5.92 Å². The fourth-order valence-electron chi connectivity index (χ4n) is 2.63. The molecule has 2 fully saturated rings. The first kappa shape index (κ1) is 11.9. The Balaban J connectivity index is 1.90. The molecule has 0 bridgehead atoms. The van der Waals surface area contributed by atoms with Crippen molar-refractivity contribution in [3.63, 3.8) is 0 Å². The largest absolute Gasteiger partial charge is 0.375 e. The summed E-state index contributed by atoms with van der Waals surface area (Å²) in [6.07, 6.45) is 2.15. The minimum Gasteiger partial charge on any atom is -0.375 e. The number of piperidine rings is 1. The third kappa shape index (κ3) is 2.74. The van der Waals surface area contributed by atoms with E-state index in [1.165, 1.54) is 0 Å². The minimum atomic E-state index is 0.192. The van der Waals surface area contributed by atoms with Gasteiger partial charge in [0.05, 0.1) is 12.7 Å². The van der Waals surface area contributed by atoms with Crippen molar-refractivity contribution in [3.05, 3.63) is 0 Å². The highest BCUT2D eigenvalue weighted by molar-refractivity contribution is 5.79. The molecule has 2 heterocycles. The highest BCUT2D eigenvalue weighted by Crippen LogP contribution is 2.20. The van der Waals surface area contributed by atoms with Gasteiger partial charge in [-0.3, -0.25) is 4.79 Å². The number of amides is 1. The Morgan fingerprint density at radius 3 is 2.94 bits per heavy atom. The van der Waals surface area contributed by atoms with Crippen LogP contribution in [0.1, 0.15) is 26.7 Å². The van der Waals surface area contributed by atoms with Crippen LogP contribution in [0.3, 0.4) is 0 Å². The lowest BCUT2D eigenvalue weighted by atomic mass is 9.92. The van der Waals surface area contributed by atoms with E-state index in [-0.39, 0.29) is 12.0 Å². The van der Waals surface area contributed by atoms with Crippen LogP contribution < -0.4 is 5.32 Å². The molecule has 2 aliphatic rings. The van der Waals surface area contributed by atoms with E-state index in [1.54, 1.807) is 0 Å². The van der Waals surface area contributed by atoms with E-state index >= 15 is 0 Å². The van der Waals surface area contributed by atoms with Crippen molar-refractivity contribution in [2.24, 2.45) is 5.92 Å². The number of hydrogen-bond acceptors (Lipinski definition) is 3. The molecule has 2 rings (SSSR count). The first-order chi connectivity index (χ1) is 7.66. The Kier molecular flexibility index (Phi) is 3.82. The second-order valence-corrected chi connectivity index (χ2v) is 5.04. The summed E-state index contributed by atoms with van der Waals surface area (Å²) in [5.74, 6) is 0.560. The Morgan fingerprint density at radius 2 is 2.25 bits per heavy atom. The van der Waals surface area contributed by atoms with Crippen LogP contribution in [0.5, 0.6) is 0 Å². The Morgan fingerprint density at radius 1 is 1.44 bits per heavy atom. The van der Waals surface area contributed by atoms with Crippen LogP contribution in [0.4, 0.5) is 0 Å². The van der Waals surface area contributed by atoms with Gasteiger partial charge in [0.25, 0.3) is 0 Å². The summed E-state index contributed by atoms with van der Waals surface area (Å²) in [4.78, 5) is 14.3. The zero-order valence-electron chi connectivity index (χ0n) is 10.2. The molecule has 0 aliphatic carbocycles. The smallest absolute Gasteiger partial charge is 0.225 e. The number of carbonyl (C=O) groups excluding carboxylic acids is 1. The second kappa shape index (κ2) is 5.15. The molecule has 0 radical (unpaired) electrons. The highest BCUT2D eigenvalue weighted by Gasteiger charge is 2.30. The maximum atomic E-state index is 12.3. The lowest BCUT2D eigenvalue weighted by molar-refractivity contribution is -0.143. The van der Waals surface area contributed by atoms with E-state index in [0.29, 0.717) is 18.6 Å². The normalized spacial score (nSPS) is 36.1. The molecule has 0 aromatic rings. The summed E-state index contributed by atoms with van der Waals surface area (Å²) in [5.41, 5.74) is 0. The van der Waals surface area contributed by atoms with Crippen LogP contribution in [-0.2, 0) is 9.53 Å². The predicted octanol–water partition coefficient (Wildman–Crippen LogP) is 0.622. The van der Waals surface area contributed by atoms with Gasteiger partial charge in [-0.05, 0) is 33.2 Å². The molecule has 0 aromatic carbocycles. The van der Waals surface area contributed by atoms with Crippen molar-refractivity contribution >= 4 is 5.91 Å². The average Bonchev–Trinajstić information content (AvgIpc) is 2.28. The lowest BCUT2D eigenvalue weighted by Crippen LogP contribution is -2.49. The summed E-state index contributed by atoms with van der Waals surface area (Å²) in [5, 5.41) is 3.38. The van der Waals surface area contributed by atoms with E-state index in [9.17, 15) is 4.79 Å². The summed E-state index contributed by atoms with van der Waals surface area (Å²) < 4.78 is 5.46. The van der Waals surface area contributed by atoms with E-state index in [0.717, 1.165) is 32.5 Å². The highest BCUT2D eigenvalue weighted by atomic mass is 16.5. The number of morpholine rings is 1. The van der Waals surface area contributed by atoms with Gasteiger partial charge in [-0.25, -0.2) is 0 Å². The van der Waals surface area contributed by atoms with Gasteiger partial charge in [0.1, 0.15) is 0 Å². The van der Waals surface area contributed by atoms with Gasteiger partial charge in [-0.2, -0.15) is 0 Å². The number of nitrogens with zero attached hydrogens (tertiary/aromatic N) is 1. The van der Waals surface area contributed by atoms with E-state index in [1.807, 2.05) is 11.8 Å². The zero-order valence-corrected chi connectivity index (χ0v) is 10.2. The molecule has 3 unspecified atom stereocenters. The molecule has 1 N–H and O–H groups in total. The monoisotopic (exact) mass is 226 g/mol. The molecule has 1 amide bonds. The van der Waals surface area contributed by atoms with Gasteiger partial charge < -0.3 is 15.0 Å². The van der Waals surface area contributed by atoms with Gasteiger partial charge in [0, 0.05) is 25.0 Å². The van der Waals surface area contributed by atoms with Crippen molar-refractivity contribution in [1.29, 1.82) is 0 Å². The van der Waals surface area contributed by atoms with Crippen LogP contribution in [-0.4, -0.2) is 49.2 Å². The quantitative estimate of drug-likeness (QED) is 0.713. The fourth-order valence-corrected chi connectivity index (χ4v) is 2.63. The first-order valence-corrected chi connectivity index (χ1v) is 6.30. The molecule has 16 heavy (non-hydrogen) atoms. The average molecular weight is 226 g/mol. The van der Waals surface area contributed by atoms with Crippen LogP contribution in [0.15, 0.2) is 0 Å². The maximum absolute atomic E-state index is 12.3. The van der Waals surface area contributed by atoms with Gasteiger partial charge in [0.15, 0.2) is 0 Å².